The summed E-state index contributed by atoms with van der Waals surface area (Å²) in [5.74, 6) is 1.34. The van der Waals surface area contributed by atoms with Crippen LogP contribution < -0.4 is 5.32 Å². The van der Waals surface area contributed by atoms with Crippen molar-refractivity contribution in [3.8, 4) is 0 Å². The lowest BCUT2D eigenvalue weighted by molar-refractivity contribution is 0.354. The van der Waals surface area contributed by atoms with Crippen LogP contribution in [0.5, 0.6) is 0 Å². The molecule has 19 heavy (non-hydrogen) atoms. The molecule has 0 aliphatic heterocycles. The molecule has 2 rings (SSSR count). The molecule has 2 aromatic rings. The van der Waals surface area contributed by atoms with Gasteiger partial charge in [-0.25, -0.2) is 0 Å². The van der Waals surface area contributed by atoms with Crippen LogP contribution >= 0.6 is 0 Å². The predicted octanol–water partition coefficient (Wildman–Crippen LogP) is 2.80. The largest absolute Gasteiger partial charge is 0.338 e. The first-order chi connectivity index (χ1) is 9.13. The molecule has 0 aliphatic carbocycles. The molecule has 0 radical (unpaired) electrons. The van der Waals surface area contributed by atoms with Crippen molar-refractivity contribution < 1.29 is 4.52 Å². The van der Waals surface area contributed by atoms with Crippen LogP contribution in [0.3, 0.4) is 0 Å². The second kappa shape index (κ2) is 6.48. The maximum absolute atomic E-state index is 5.07. The maximum atomic E-state index is 5.07. The van der Waals surface area contributed by atoms with E-state index in [1.165, 1.54) is 11.1 Å². The minimum atomic E-state index is 0.424. The van der Waals surface area contributed by atoms with Gasteiger partial charge in [-0.15, -0.1) is 0 Å². The molecule has 1 aromatic heterocycles. The second-order valence-corrected chi connectivity index (χ2v) is 5.05. The minimum Gasteiger partial charge on any atom is -0.338 e. The van der Waals surface area contributed by atoms with Gasteiger partial charge in [-0.3, -0.25) is 0 Å². The Balaban J connectivity index is 1.74. The van der Waals surface area contributed by atoms with Crippen LogP contribution in [0.1, 0.15) is 36.2 Å². The normalized spacial score (nSPS) is 12.6. The SMILES string of the molecule is Cc1cccc(CCC(C)NCc2nc(C)no2)c1. The van der Waals surface area contributed by atoms with E-state index in [1.807, 2.05) is 6.92 Å². The fourth-order valence-corrected chi connectivity index (χ4v) is 2.03. The molecule has 4 heteroatoms. The molecule has 0 aliphatic rings. The molecule has 0 bridgehead atoms. The highest BCUT2D eigenvalue weighted by Crippen LogP contribution is 2.08. The Kier molecular flexibility index (Phi) is 4.68. The summed E-state index contributed by atoms with van der Waals surface area (Å²) in [4.78, 5) is 4.17. The van der Waals surface area contributed by atoms with Gasteiger partial charge in [0.15, 0.2) is 5.82 Å². The lowest BCUT2D eigenvalue weighted by Crippen LogP contribution is -2.26. The third-order valence-corrected chi connectivity index (χ3v) is 3.12. The maximum Gasteiger partial charge on any atom is 0.240 e. The van der Waals surface area contributed by atoms with Gasteiger partial charge in [0.2, 0.25) is 5.89 Å². The molecule has 1 heterocycles. The van der Waals surface area contributed by atoms with Crippen LogP contribution in [0.25, 0.3) is 0 Å². The number of rotatable bonds is 6. The highest BCUT2D eigenvalue weighted by molar-refractivity contribution is 5.22. The topological polar surface area (TPSA) is 51.0 Å². The Bertz CT molecular complexity index is 522. The van der Waals surface area contributed by atoms with Crippen molar-refractivity contribution in [2.24, 2.45) is 0 Å². The number of hydrogen-bond acceptors (Lipinski definition) is 4. The Labute approximate surface area is 114 Å². The number of aromatic nitrogens is 2. The molecule has 1 unspecified atom stereocenters. The highest BCUT2D eigenvalue weighted by atomic mass is 16.5. The van der Waals surface area contributed by atoms with Gasteiger partial charge in [0.1, 0.15) is 0 Å². The molecule has 0 amide bonds. The van der Waals surface area contributed by atoms with Crippen molar-refractivity contribution in [3.63, 3.8) is 0 Å². The Morgan fingerprint density at radius 1 is 1.32 bits per heavy atom. The van der Waals surface area contributed by atoms with Gasteiger partial charge >= 0.3 is 0 Å². The van der Waals surface area contributed by atoms with E-state index in [9.17, 15) is 0 Å². The van der Waals surface area contributed by atoms with E-state index in [0.717, 1.165) is 12.8 Å². The number of aryl methyl sites for hydroxylation is 3. The monoisotopic (exact) mass is 259 g/mol. The third kappa shape index (κ3) is 4.48. The van der Waals surface area contributed by atoms with Crippen molar-refractivity contribution in [1.29, 1.82) is 0 Å². The highest BCUT2D eigenvalue weighted by Gasteiger charge is 2.06. The van der Waals surface area contributed by atoms with Gasteiger partial charge in [-0.1, -0.05) is 35.0 Å². The van der Waals surface area contributed by atoms with E-state index < -0.39 is 0 Å². The summed E-state index contributed by atoms with van der Waals surface area (Å²) in [6.45, 7) is 6.77. The molecule has 1 aromatic carbocycles. The van der Waals surface area contributed by atoms with Gasteiger partial charge in [-0.05, 0) is 39.2 Å². The van der Waals surface area contributed by atoms with Crippen molar-refractivity contribution >= 4 is 0 Å². The average molecular weight is 259 g/mol. The van der Waals surface area contributed by atoms with Gasteiger partial charge in [0, 0.05) is 6.04 Å². The van der Waals surface area contributed by atoms with E-state index in [1.54, 1.807) is 0 Å². The molecule has 0 spiro atoms. The van der Waals surface area contributed by atoms with Gasteiger partial charge in [-0.2, -0.15) is 4.98 Å². The smallest absolute Gasteiger partial charge is 0.240 e. The Morgan fingerprint density at radius 2 is 2.16 bits per heavy atom. The van der Waals surface area contributed by atoms with Crippen LogP contribution in [0, 0.1) is 13.8 Å². The van der Waals surface area contributed by atoms with Crippen LogP contribution in [-0.2, 0) is 13.0 Å². The molecule has 1 N–H and O–H groups in total. The van der Waals surface area contributed by atoms with E-state index in [-0.39, 0.29) is 0 Å². The fourth-order valence-electron chi connectivity index (χ4n) is 2.03. The first-order valence-corrected chi connectivity index (χ1v) is 6.71. The van der Waals surface area contributed by atoms with Crippen LogP contribution in [0.15, 0.2) is 28.8 Å². The van der Waals surface area contributed by atoms with Gasteiger partial charge in [0.05, 0.1) is 6.54 Å². The van der Waals surface area contributed by atoms with Crippen LogP contribution in [-0.4, -0.2) is 16.2 Å². The van der Waals surface area contributed by atoms with Gasteiger partial charge in [0.25, 0.3) is 0 Å². The summed E-state index contributed by atoms with van der Waals surface area (Å²) < 4.78 is 5.07. The summed E-state index contributed by atoms with van der Waals surface area (Å²) >= 11 is 0. The van der Waals surface area contributed by atoms with E-state index in [2.05, 4.69) is 53.6 Å². The zero-order valence-electron chi connectivity index (χ0n) is 11.8. The standard InChI is InChI=1S/C15H21N3O/c1-11-5-4-6-14(9-11)8-7-12(2)16-10-15-17-13(3)18-19-15/h4-6,9,12,16H,7-8,10H2,1-3H3. The van der Waals surface area contributed by atoms with E-state index >= 15 is 0 Å². The first kappa shape index (κ1) is 13.7. The summed E-state index contributed by atoms with van der Waals surface area (Å²) in [5, 5.41) is 7.17. The van der Waals surface area contributed by atoms with E-state index in [4.69, 9.17) is 4.52 Å². The average Bonchev–Trinajstić information content (AvgIpc) is 2.80. The summed E-state index contributed by atoms with van der Waals surface area (Å²) in [5.41, 5.74) is 2.71. The lowest BCUT2D eigenvalue weighted by atomic mass is 10.0. The quantitative estimate of drug-likeness (QED) is 0.866. The molecule has 0 saturated carbocycles. The van der Waals surface area contributed by atoms with Crippen LogP contribution in [0.4, 0.5) is 0 Å². The molecular formula is C15H21N3O. The number of nitrogens with zero attached hydrogens (tertiary/aromatic N) is 2. The molecule has 4 nitrogen and oxygen atoms in total. The zero-order chi connectivity index (χ0) is 13.7. The zero-order valence-corrected chi connectivity index (χ0v) is 11.8. The van der Waals surface area contributed by atoms with E-state index in [0.29, 0.717) is 24.3 Å². The molecular weight excluding hydrogens is 238 g/mol. The first-order valence-electron chi connectivity index (χ1n) is 6.71. The van der Waals surface area contributed by atoms with Crippen molar-refractivity contribution in [3.05, 3.63) is 47.1 Å². The summed E-state index contributed by atoms with van der Waals surface area (Å²) in [6.07, 6.45) is 2.18. The van der Waals surface area contributed by atoms with Crippen LogP contribution in [0.2, 0.25) is 0 Å². The van der Waals surface area contributed by atoms with Crippen molar-refractivity contribution in [1.82, 2.24) is 15.5 Å². The number of hydrogen-bond donors (Lipinski definition) is 1. The Morgan fingerprint density at radius 3 is 2.84 bits per heavy atom. The predicted molar refractivity (Wildman–Crippen MR) is 74.8 cm³/mol. The molecule has 1 atom stereocenters. The number of benzene rings is 1. The number of nitrogens with one attached hydrogen (secondary N) is 1. The van der Waals surface area contributed by atoms with Crippen molar-refractivity contribution in [2.75, 3.05) is 0 Å². The van der Waals surface area contributed by atoms with Gasteiger partial charge < -0.3 is 9.84 Å². The summed E-state index contributed by atoms with van der Waals surface area (Å²) in [7, 11) is 0. The summed E-state index contributed by atoms with van der Waals surface area (Å²) in [6, 6.07) is 9.09. The lowest BCUT2D eigenvalue weighted by Gasteiger charge is -2.12. The Hall–Kier alpha value is -1.68. The fraction of sp³-hybridized carbons (Fsp3) is 0.467. The molecule has 0 saturated heterocycles. The third-order valence-electron chi connectivity index (χ3n) is 3.12. The minimum absolute atomic E-state index is 0.424. The molecule has 0 fully saturated rings. The van der Waals surface area contributed by atoms with Crippen molar-refractivity contribution in [2.45, 2.75) is 46.2 Å². The molecule has 102 valence electrons. The second-order valence-electron chi connectivity index (χ2n) is 5.05.